The van der Waals surface area contributed by atoms with Gasteiger partial charge in [-0.2, -0.15) is 13.7 Å². The summed E-state index contributed by atoms with van der Waals surface area (Å²) < 4.78 is 6.06. The van der Waals surface area contributed by atoms with Crippen molar-refractivity contribution in [1.29, 1.82) is 0 Å². The van der Waals surface area contributed by atoms with Crippen molar-refractivity contribution in [2.24, 2.45) is 21.1 Å². The van der Waals surface area contributed by atoms with E-state index >= 15 is 0 Å². The third-order valence-electron chi connectivity index (χ3n) is 1.81. The maximum atomic E-state index is 2.04. The highest BCUT2D eigenvalue weighted by atomic mass is 35.5. The highest BCUT2D eigenvalue weighted by molar-refractivity contribution is 7.07. The number of halogens is 3. The lowest BCUT2D eigenvalue weighted by molar-refractivity contribution is -0.666. The van der Waals surface area contributed by atoms with E-state index in [1.54, 1.807) is 34.0 Å². The molecule has 0 bridgehead atoms. The van der Waals surface area contributed by atoms with Crippen molar-refractivity contribution in [3.05, 3.63) is 51.3 Å². The van der Waals surface area contributed by atoms with Gasteiger partial charge in [0.25, 0.3) is 0 Å². The number of aryl methyl sites for hydroxylation is 3. The van der Waals surface area contributed by atoms with E-state index in [0.717, 1.165) is 0 Å². The highest BCUT2D eigenvalue weighted by Gasteiger charge is 1.83. The Morgan fingerprint density at radius 1 is 0.524 bits per heavy atom. The van der Waals surface area contributed by atoms with Crippen LogP contribution in [0.4, 0.5) is 0 Å². The molecule has 9 heteroatoms. The summed E-state index contributed by atoms with van der Waals surface area (Å²) in [5.41, 5.74) is 6.12. The molecule has 0 aliphatic rings. The molecule has 0 radical (unpaired) electrons. The lowest BCUT2D eigenvalue weighted by atomic mass is 10.9. The molecule has 120 valence electrons. The topological polar surface area (TPSA) is 11.6 Å². The van der Waals surface area contributed by atoms with Gasteiger partial charge in [-0.1, -0.05) is 34.0 Å². The molecule has 0 spiro atoms. The third kappa shape index (κ3) is 14.5. The van der Waals surface area contributed by atoms with Crippen LogP contribution in [0.3, 0.4) is 0 Å². The van der Waals surface area contributed by atoms with E-state index in [4.69, 9.17) is 0 Å². The summed E-state index contributed by atoms with van der Waals surface area (Å²) >= 11 is 5.11. The minimum Gasteiger partial charge on any atom is -1.00 e. The fraction of sp³-hybridized carbons (Fsp3) is 0.250. The van der Waals surface area contributed by atoms with Crippen LogP contribution in [-0.2, 0) is 21.1 Å². The molecule has 0 aliphatic heterocycles. The fourth-order valence-corrected chi connectivity index (χ4v) is 2.68. The maximum absolute atomic E-state index is 2.04. The first-order valence-electron chi connectivity index (χ1n) is 5.31. The van der Waals surface area contributed by atoms with Gasteiger partial charge in [-0.05, 0) is 0 Å². The summed E-state index contributed by atoms with van der Waals surface area (Å²) in [5.74, 6) is 0. The van der Waals surface area contributed by atoms with Crippen LogP contribution in [0, 0.1) is 0 Å². The predicted octanol–water partition coefficient (Wildman–Crippen LogP) is -7.27. The van der Waals surface area contributed by atoms with E-state index in [2.05, 4.69) is 0 Å². The normalized spacial score (nSPS) is 7.57. The van der Waals surface area contributed by atoms with Gasteiger partial charge in [-0.3, -0.25) is 0 Å². The summed E-state index contributed by atoms with van der Waals surface area (Å²) in [6, 6.07) is 0. The van der Waals surface area contributed by atoms with Crippen LogP contribution in [0.5, 0.6) is 0 Å². The van der Waals surface area contributed by atoms with Crippen molar-refractivity contribution < 1.29 is 50.9 Å². The van der Waals surface area contributed by atoms with Crippen LogP contribution >= 0.6 is 34.0 Å². The third-order valence-corrected chi connectivity index (χ3v) is 4.00. The van der Waals surface area contributed by atoms with Crippen molar-refractivity contribution in [3.63, 3.8) is 0 Å². The van der Waals surface area contributed by atoms with Crippen LogP contribution in [0.15, 0.2) is 51.3 Å². The van der Waals surface area contributed by atoms with E-state index in [9.17, 15) is 0 Å². The van der Waals surface area contributed by atoms with Gasteiger partial charge >= 0.3 is 0 Å². The number of aromatic nitrogens is 3. The summed E-state index contributed by atoms with van der Waals surface area (Å²) in [5, 5.41) is 6.12. The van der Waals surface area contributed by atoms with E-state index < -0.39 is 0 Å². The predicted molar refractivity (Wildman–Crippen MR) is 76.5 cm³/mol. The maximum Gasteiger partial charge on any atom is 0.224 e. The summed E-state index contributed by atoms with van der Waals surface area (Å²) in [6.45, 7) is 0. The molecule has 3 nitrogen and oxygen atoms in total. The van der Waals surface area contributed by atoms with Crippen molar-refractivity contribution in [1.82, 2.24) is 0 Å². The molecule has 0 amide bonds. The molecule has 0 saturated carbocycles. The molecule has 0 fully saturated rings. The summed E-state index contributed by atoms with van der Waals surface area (Å²) in [6.07, 6.45) is 6.06. The zero-order valence-corrected chi connectivity index (χ0v) is 16.6. The molecule has 3 rings (SSSR count). The highest BCUT2D eigenvalue weighted by Crippen LogP contribution is 1.84. The Labute approximate surface area is 156 Å². The second-order valence-electron chi connectivity index (χ2n) is 3.58. The van der Waals surface area contributed by atoms with Gasteiger partial charge in [0.2, 0.25) is 16.5 Å². The van der Waals surface area contributed by atoms with Crippen LogP contribution < -0.4 is 50.9 Å². The Morgan fingerprint density at radius 2 is 0.762 bits per heavy atom. The van der Waals surface area contributed by atoms with Gasteiger partial charge in [-0.15, -0.1) is 0 Å². The molecule has 3 heterocycles. The van der Waals surface area contributed by atoms with Crippen molar-refractivity contribution in [2.75, 3.05) is 0 Å². The zero-order chi connectivity index (χ0) is 13.2. The second kappa shape index (κ2) is 16.1. The minimum atomic E-state index is 0. The Kier molecular flexibility index (Phi) is 19.7. The molecular weight excluding hydrogens is 389 g/mol. The van der Waals surface area contributed by atoms with E-state index in [1.807, 2.05) is 86.1 Å². The standard InChI is InChI=1S/3C4H6NS.3ClH/c3*1-5-2-3-6-4-5;;;/h3*2-4H,1H3;3*1H/q3*+1;;;/p-3. The number of hydrogen-bond donors (Lipinski definition) is 0. The smallest absolute Gasteiger partial charge is 0.224 e. The van der Waals surface area contributed by atoms with Crippen molar-refractivity contribution in [2.45, 2.75) is 0 Å². The molecule has 21 heavy (non-hydrogen) atoms. The molecule has 0 atom stereocenters. The fourth-order valence-electron chi connectivity index (χ4n) is 0.892. The number of hydrogen-bond acceptors (Lipinski definition) is 3. The molecule has 0 aromatic carbocycles. The average Bonchev–Trinajstić information content (AvgIpc) is 3.05. The average molecular weight is 407 g/mol. The van der Waals surface area contributed by atoms with Crippen LogP contribution in [0.2, 0.25) is 0 Å². The molecule has 0 saturated heterocycles. The summed E-state index contributed by atoms with van der Waals surface area (Å²) in [7, 11) is 6.03. The molecular formula is C12H18Cl3N3S3. The SMILES string of the molecule is C[n+]1ccsc1.C[n+]1ccsc1.C[n+]1ccsc1.[Cl-].[Cl-].[Cl-]. The Hall–Kier alpha value is -0.240. The lowest BCUT2D eigenvalue weighted by Crippen LogP contribution is -3.00. The van der Waals surface area contributed by atoms with Gasteiger partial charge in [0.15, 0.2) is 18.6 Å². The van der Waals surface area contributed by atoms with Gasteiger partial charge in [-0.25, -0.2) is 0 Å². The second-order valence-corrected chi connectivity index (χ2v) is 5.84. The molecule has 3 aromatic rings. The summed E-state index contributed by atoms with van der Waals surface area (Å²) in [4.78, 5) is 0. The molecule has 0 unspecified atom stereocenters. The zero-order valence-electron chi connectivity index (χ0n) is 11.9. The molecule has 0 N–H and O–H groups in total. The van der Waals surface area contributed by atoms with Gasteiger partial charge in [0.1, 0.15) is 21.1 Å². The first-order chi connectivity index (χ1) is 8.68. The van der Waals surface area contributed by atoms with Gasteiger partial charge in [0.05, 0.1) is 16.1 Å². The Balaban J connectivity index is -0.000000216. The van der Waals surface area contributed by atoms with Gasteiger partial charge in [0, 0.05) is 0 Å². The van der Waals surface area contributed by atoms with Crippen LogP contribution in [-0.4, -0.2) is 0 Å². The van der Waals surface area contributed by atoms with Crippen molar-refractivity contribution in [3.8, 4) is 0 Å². The van der Waals surface area contributed by atoms with Crippen molar-refractivity contribution >= 4 is 34.0 Å². The van der Waals surface area contributed by atoms with E-state index in [-0.39, 0.29) is 37.2 Å². The lowest BCUT2D eigenvalue weighted by Gasteiger charge is -1.62. The monoisotopic (exact) mass is 405 g/mol. The van der Waals surface area contributed by atoms with E-state index in [1.165, 1.54) is 0 Å². The number of nitrogens with zero attached hydrogens (tertiary/aromatic N) is 3. The number of thiazole rings is 3. The molecule has 3 aromatic heterocycles. The van der Waals surface area contributed by atoms with Gasteiger partial charge < -0.3 is 37.2 Å². The quantitative estimate of drug-likeness (QED) is 0.329. The first kappa shape index (κ1) is 25.7. The minimum absolute atomic E-state index is 0. The Morgan fingerprint density at radius 3 is 0.810 bits per heavy atom. The number of rotatable bonds is 0. The largest absolute Gasteiger partial charge is 1.00 e. The Bertz CT molecular complexity index is 422. The molecule has 0 aliphatic carbocycles. The van der Waals surface area contributed by atoms with Crippen LogP contribution in [0.1, 0.15) is 0 Å². The van der Waals surface area contributed by atoms with Crippen LogP contribution in [0.25, 0.3) is 0 Å². The van der Waals surface area contributed by atoms with E-state index in [0.29, 0.717) is 0 Å². The first-order valence-corrected chi connectivity index (χ1v) is 8.13.